The summed E-state index contributed by atoms with van der Waals surface area (Å²) in [6.45, 7) is 4.08. The number of carboxylic acid groups (broad SMARTS) is 1. The van der Waals surface area contributed by atoms with Crippen LogP contribution in [-0.2, 0) is 9.59 Å². The molecule has 0 aliphatic heterocycles. The molecule has 14 heavy (non-hydrogen) atoms. The predicted molar refractivity (Wildman–Crippen MR) is 52.6 cm³/mol. The number of hydrogen-bond donors (Lipinski definition) is 1. The first-order chi connectivity index (χ1) is 6.49. The summed E-state index contributed by atoms with van der Waals surface area (Å²) in [7, 11) is 0. The second kappa shape index (κ2) is 6.03. The molecule has 0 fully saturated rings. The van der Waals surface area contributed by atoms with Crippen LogP contribution in [0.2, 0.25) is 0 Å². The Hall–Kier alpha value is -1.50. The SMILES string of the molecule is C#CC(=O)N(CCCC(=O)O)C(C)C. The molecule has 1 N–H and O–H groups in total. The molecule has 0 unspecified atom stereocenters. The molecule has 0 bridgehead atoms. The molecule has 0 saturated heterocycles. The molecule has 0 aromatic carbocycles. The number of nitrogens with zero attached hydrogens (tertiary/aromatic N) is 1. The van der Waals surface area contributed by atoms with Crippen molar-refractivity contribution in [3.63, 3.8) is 0 Å². The number of carbonyl (C=O) groups excluding carboxylic acids is 1. The standard InChI is InChI=1S/C10H15NO3/c1-4-9(12)11(8(2)3)7-5-6-10(13)14/h1,8H,5-7H2,2-3H3,(H,13,14). The lowest BCUT2D eigenvalue weighted by atomic mass is 10.2. The second-order valence-corrected chi connectivity index (χ2v) is 3.23. The molecular weight excluding hydrogens is 182 g/mol. The Bertz CT molecular complexity index is 253. The molecule has 0 saturated carbocycles. The molecule has 0 aromatic rings. The van der Waals surface area contributed by atoms with E-state index >= 15 is 0 Å². The molecule has 0 atom stereocenters. The fourth-order valence-corrected chi connectivity index (χ4v) is 1.08. The fraction of sp³-hybridized carbons (Fsp3) is 0.600. The molecule has 0 aliphatic carbocycles. The van der Waals surface area contributed by atoms with Crippen LogP contribution in [-0.4, -0.2) is 34.5 Å². The summed E-state index contributed by atoms with van der Waals surface area (Å²) in [5.74, 6) is 0.781. The van der Waals surface area contributed by atoms with Gasteiger partial charge in [0.1, 0.15) is 0 Å². The van der Waals surface area contributed by atoms with Gasteiger partial charge >= 0.3 is 5.97 Å². The molecule has 0 aromatic heterocycles. The Labute approximate surface area is 83.9 Å². The molecular formula is C10H15NO3. The van der Waals surface area contributed by atoms with Crippen molar-refractivity contribution < 1.29 is 14.7 Å². The van der Waals surface area contributed by atoms with E-state index in [-0.39, 0.29) is 18.4 Å². The summed E-state index contributed by atoms with van der Waals surface area (Å²) >= 11 is 0. The van der Waals surface area contributed by atoms with Gasteiger partial charge in [0, 0.05) is 19.0 Å². The Kier molecular flexibility index (Phi) is 5.38. The number of rotatable bonds is 5. The first kappa shape index (κ1) is 12.5. The molecule has 78 valence electrons. The summed E-state index contributed by atoms with van der Waals surface area (Å²) in [6, 6.07) is 0.00680. The van der Waals surface area contributed by atoms with Crippen LogP contribution in [0.5, 0.6) is 0 Å². The summed E-state index contributed by atoms with van der Waals surface area (Å²) in [6.07, 6.45) is 5.47. The first-order valence-electron chi connectivity index (χ1n) is 4.48. The highest BCUT2D eigenvalue weighted by atomic mass is 16.4. The molecule has 1 amide bonds. The number of carbonyl (C=O) groups is 2. The molecule has 0 radical (unpaired) electrons. The van der Waals surface area contributed by atoms with Crippen LogP contribution >= 0.6 is 0 Å². The topological polar surface area (TPSA) is 57.6 Å². The van der Waals surface area contributed by atoms with Crippen LogP contribution in [0.1, 0.15) is 26.7 Å². The predicted octanol–water partition coefficient (Wildman–Crippen LogP) is 0.721. The van der Waals surface area contributed by atoms with E-state index < -0.39 is 5.97 Å². The van der Waals surface area contributed by atoms with Crippen molar-refractivity contribution >= 4 is 11.9 Å². The zero-order valence-corrected chi connectivity index (χ0v) is 8.49. The van der Waals surface area contributed by atoms with Crippen LogP contribution in [0.3, 0.4) is 0 Å². The van der Waals surface area contributed by atoms with Gasteiger partial charge in [-0.1, -0.05) is 0 Å². The highest BCUT2D eigenvalue weighted by molar-refractivity contribution is 5.93. The molecule has 0 rings (SSSR count). The van der Waals surface area contributed by atoms with E-state index in [1.807, 2.05) is 19.8 Å². The third kappa shape index (κ3) is 4.51. The normalized spacial score (nSPS) is 9.57. The minimum Gasteiger partial charge on any atom is -0.481 e. The first-order valence-corrected chi connectivity index (χ1v) is 4.48. The lowest BCUT2D eigenvalue weighted by Gasteiger charge is -2.23. The van der Waals surface area contributed by atoms with E-state index in [1.165, 1.54) is 4.90 Å². The van der Waals surface area contributed by atoms with E-state index in [0.29, 0.717) is 13.0 Å². The number of hydrogen-bond acceptors (Lipinski definition) is 2. The van der Waals surface area contributed by atoms with Gasteiger partial charge in [-0.15, -0.1) is 6.42 Å². The number of aliphatic carboxylic acids is 1. The summed E-state index contributed by atoms with van der Waals surface area (Å²) < 4.78 is 0. The van der Waals surface area contributed by atoms with Crippen molar-refractivity contribution in [1.29, 1.82) is 0 Å². The summed E-state index contributed by atoms with van der Waals surface area (Å²) in [5.41, 5.74) is 0. The average Bonchev–Trinajstić information content (AvgIpc) is 2.10. The molecule has 4 heteroatoms. The van der Waals surface area contributed by atoms with Gasteiger partial charge in [-0.2, -0.15) is 0 Å². The van der Waals surface area contributed by atoms with Crippen LogP contribution < -0.4 is 0 Å². The van der Waals surface area contributed by atoms with Gasteiger partial charge in [0.15, 0.2) is 0 Å². The minimum absolute atomic E-state index is 0.00680. The molecule has 0 spiro atoms. The van der Waals surface area contributed by atoms with Crippen LogP contribution in [0.15, 0.2) is 0 Å². The number of carboxylic acids is 1. The molecule has 0 aliphatic rings. The summed E-state index contributed by atoms with van der Waals surface area (Å²) in [5, 5.41) is 8.42. The van der Waals surface area contributed by atoms with Crippen molar-refractivity contribution in [3.05, 3.63) is 0 Å². The zero-order valence-electron chi connectivity index (χ0n) is 8.49. The van der Waals surface area contributed by atoms with Crippen LogP contribution in [0.25, 0.3) is 0 Å². The van der Waals surface area contributed by atoms with Crippen molar-refractivity contribution in [1.82, 2.24) is 4.90 Å². The van der Waals surface area contributed by atoms with Gasteiger partial charge in [-0.05, 0) is 26.2 Å². The van der Waals surface area contributed by atoms with E-state index in [1.54, 1.807) is 0 Å². The third-order valence-corrected chi connectivity index (χ3v) is 1.80. The Balaban J connectivity index is 4.06. The van der Waals surface area contributed by atoms with Crippen molar-refractivity contribution in [2.45, 2.75) is 32.7 Å². The lowest BCUT2D eigenvalue weighted by molar-refractivity contribution is -0.137. The van der Waals surface area contributed by atoms with Crippen LogP contribution in [0, 0.1) is 12.3 Å². The van der Waals surface area contributed by atoms with Gasteiger partial charge in [-0.3, -0.25) is 9.59 Å². The van der Waals surface area contributed by atoms with Crippen LogP contribution in [0.4, 0.5) is 0 Å². The van der Waals surface area contributed by atoms with Crippen molar-refractivity contribution in [2.24, 2.45) is 0 Å². The highest BCUT2D eigenvalue weighted by Gasteiger charge is 2.14. The number of terminal acetylenes is 1. The van der Waals surface area contributed by atoms with Gasteiger partial charge in [0.05, 0.1) is 0 Å². The van der Waals surface area contributed by atoms with E-state index in [0.717, 1.165) is 0 Å². The molecule has 0 heterocycles. The maximum atomic E-state index is 11.2. The smallest absolute Gasteiger partial charge is 0.303 e. The zero-order chi connectivity index (χ0) is 11.1. The maximum Gasteiger partial charge on any atom is 0.303 e. The number of amides is 1. The van der Waals surface area contributed by atoms with E-state index in [9.17, 15) is 9.59 Å². The highest BCUT2D eigenvalue weighted by Crippen LogP contribution is 2.02. The quantitative estimate of drug-likeness (QED) is 0.661. The van der Waals surface area contributed by atoms with Gasteiger partial charge in [0.2, 0.25) is 0 Å². The Morgan fingerprint density at radius 3 is 2.43 bits per heavy atom. The Morgan fingerprint density at radius 2 is 2.07 bits per heavy atom. The second-order valence-electron chi connectivity index (χ2n) is 3.23. The minimum atomic E-state index is -0.859. The monoisotopic (exact) mass is 197 g/mol. The largest absolute Gasteiger partial charge is 0.481 e. The molecule has 4 nitrogen and oxygen atoms in total. The summed E-state index contributed by atoms with van der Waals surface area (Å²) in [4.78, 5) is 22.9. The lowest BCUT2D eigenvalue weighted by Crippen LogP contribution is -2.36. The van der Waals surface area contributed by atoms with E-state index in [4.69, 9.17) is 11.5 Å². The fourth-order valence-electron chi connectivity index (χ4n) is 1.08. The van der Waals surface area contributed by atoms with E-state index in [2.05, 4.69) is 0 Å². The van der Waals surface area contributed by atoms with Gasteiger partial charge in [-0.25, -0.2) is 0 Å². The average molecular weight is 197 g/mol. The van der Waals surface area contributed by atoms with Gasteiger partial charge < -0.3 is 10.0 Å². The maximum absolute atomic E-state index is 11.2. The Morgan fingerprint density at radius 1 is 1.50 bits per heavy atom. The van der Waals surface area contributed by atoms with Crippen molar-refractivity contribution in [2.75, 3.05) is 6.54 Å². The van der Waals surface area contributed by atoms with Gasteiger partial charge in [0.25, 0.3) is 5.91 Å². The third-order valence-electron chi connectivity index (χ3n) is 1.80. The van der Waals surface area contributed by atoms with Crippen molar-refractivity contribution in [3.8, 4) is 12.3 Å².